The molecule has 0 saturated heterocycles. The summed E-state index contributed by atoms with van der Waals surface area (Å²) in [6.45, 7) is 3.90. The Balaban J connectivity index is 1.93. The Labute approximate surface area is 248 Å². The topological polar surface area (TPSA) is 125 Å². The van der Waals surface area contributed by atoms with Crippen molar-refractivity contribution in [3.05, 3.63) is 108 Å². The monoisotopic (exact) mass is 589 g/mol. The van der Waals surface area contributed by atoms with Crippen molar-refractivity contribution in [3.63, 3.8) is 0 Å². The molecule has 1 amide bonds. The molecule has 0 bridgehead atoms. The SMILES string of the molecule is CC(C)n1c(C=C[C@@H](O)C[C@@H](O)CC(=O)O)c(-c2ccc(F)cc2)c(-c2ccc(F)cc2)c1C(=O)NCc1ccccn1. The van der Waals surface area contributed by atoms with Crippen LogP contribution in [-0.2, 0) is 11.3 Å². The lowest BCUT2D eigenvalue weighted by atomic mass is 9.94. The summed E-state index contributed by atoms with van der Waals surface area (Å²) in [6, 6.07) is 16.5. The summed E-state index contributed by atoms with van der Waals surface area (Å²) >= 11 is 0. The molecule has 0 aliphatic rings. The number of aromatic nitrogens is 2. The van der Waals surface area contributed by atoms with Gasteiger partial charge < -0.3 is 25.2 Å². The molecule has 0 aliphatic carbocycles. The molecule has 2 aromatic heterocycles. The van der Waals surface area contributed by atoms with E-state index >= 15 is 0 Å². The first-order valence-corrected chi connectivity index (χ1v) is 13.8. The lowest BCUT2D eigenvalue weighted by Gasteiger charge is -2.17. The zero-order valence-electron chi connectivity index (χ0n) is 23.7. The minimum atomic E-state index is -1.27. The van der Waals surface area contributed by atoms with E-state index in [1.165, 1.54) is 30.3 Å². The second-order valence-corrected chi connectivity index (χ2v) is 10.4. The normalized spacial score (nSPS) is 12.9. The van der Waals surface area contributed by atoms with Gasteiger partial charge >= 0.3 is 5.97 Å². The van der Waals surface area contributed by atoms with Crippen LogP contribution in [0.2, 0.25) is 0 Å². The standard InChI is InChI=1S/C33H33F2N3O5/c1-20(2)38-28(15-14-26(39)17-27(40)18-29(41)42)30(21-6-10-23(34)11-7-21)31(22-8-12-24(35)13-9-22)32(38)33(43)37-19-25-5-3-4-16-36-25/h3-16,20,26-27,39-40H,17-19H2,1-2H3,(H,37,43)(H,41,42)/t26-,27-/m1/s1. The van der Waals surface area contributed by atoms with E-state index in [4.69, 9.17) is 5.11 Å². The molecule has 0 radical (unpaired) electrons. The van der Waals surface area contributed by atoms with Crippen LogP contribution in [0.15, 0.2) is 79.0 Å². The van der Waals surface area contributed by atoms with E-state index in [9.17, 15) is 28.6 Å². The third-order valence-electron chi connectivity index (χ3n) is 6.80. The van der Waals surface area contributed by atoms with Gasteiger partial charge in [-0.05, 0) is 67.4 Å². The predicted octanol–water partition coefficient (Wildman–Crippen LogP) is 5.61. The number of aliphatic hydroxyl groups excluding tert-OH is 2. The maximum atomic E-state index is 14.0. The fourth-order valence-electron chi connectivity index (χ4n) is 4.94. The van der Waals surface area contributed by atoms with Gasteiger partial charge in [-0.1, -0.05) is 36.4 Å². The second-order valence-electron chi connectivity index (χ2n) is 10.4. The van der Waals surface area contributed by atoms with Crippen LogP contribution in [0.1, 0.15) is 54.6 Å². The third-order valence-corrected chi connectivity index (χ3v) is 6.80. The number of halogens is 2. The Bertz CT molecular complexity index is 1580. The van der Waals surface area contributed by atoms with Crippen molar-refractivity contribution in [2.75, 3.05) is 0 Å². The number of carboxylic acid groups (broad SMARTS) is 1. The van der Waals surface area contributed by atoms with Crippen molar-refractivity contribution < 1.29 is 33.7 Å². The molecule has 43 heavy (non-hydrogen) atoms. The molecule has 4 N–H and O–H groups in total. The van der Waals surface area contributed by atoms with Crippen LogP contribution in [0.25, 0.3) is 28.3 Å². The highest BCUT2D eigenvalue weighted by Gasteiger charge is 2.29. The van der Waals surface area contributed by atoms with Crippen LogP contribution < -0.4 is 5.32 Å². The van der Waals surface area contributed by atoms with Crippen LogP contribution in [0.5, 0.6) is 0 Å². The smallest absolute Gasteiger partial charge is 0.305 e. The fraction of sp³-hybridized carbons (Fsp3) is 0.242. The highest BCUT2D eigenvalue weighted by atomic mass is 19.1. The van der Waals surface area contributed by atoms with Gasteiger partial charge in [0.1, 0.15) is 17.3 Å². The molecule has 8 nitrogen and oxygen atoms in total. The molecule has 224 valence electrons. The zero-order valence-corrected chi connectivity index (χ0v) is 23.7. The summed E-state index contributed by atoms with van der Waals surface area (Å²) in [5, 5.41) is 32.5. The number of nitrogens with zero attached hydrogens (tertiary/aromatic N) is 2. The third kappa shape index (κ3) is 7.79. The first kappa shape index (κ1) is 31.3. The number of aliphatic carboxylic acids is 1. The van der Waals surface area contributed by atoms with Crippen LogP contribution in [0, 0.1) is 11.6 Å². The average Bonchev–Trinajstić information content (AvgIpc) is 3.31. The van der Waals surface area contributed by atoms with E-state index in [0.717, 1.165) is 0 Å². The summed E-state index contributed by atoms with van der Waals surface area (Å²) in [4.78, 5) is 29.2. The number of carbonyl (C=O) groups is 2. The van der Waals surface area contributed by atoms with Crippen LogP contribution in [0.3, 0.4) is 0 Å². The predicted molar refractivity (Wildman–Crippen MR) is 159 cm³/mol. The van der Waals surface area contributed by atoms with E-state index < -0.39 is 42.1 Å². The number of nitrogens with one attached hydrogen (secondary N) is 1. The van der Waals surface area contributed by atoms with E-state index in [1.807, 2.05) is 19.9 Å². The molecule has 2 aromatic carbocycles. The highest BCUT2D eigenvalue weighted by molar-refractivity contribution is 6.06. The Morgan fingerprint density at radius 2 is 1.53 bits per heavy atom. The maximum Gasteiger partial charge on any atom is 0.305 e. The molecular weight excluding hydrogens is 556 g/mol. The maximum absolute atomic E-state index is 14.0. The number of benzene rings is 2. The van der Waals surface area contributed by atoms with E-state index in [0.29, 0.717) is 33.6 Å². The zero-order chi connectivity index (χ0) is 31.1. The van der Waals surface area contributed by atoms with Crippen molar-refractivity contribution in [2.45, 2.75) is 51.5 Å². The summed E-state index contributed by atoms with van der Waals surface area (Å²) < 4.78 is 29.8. The largest absolute Gasteiger partial charge is 0.481 e. The first-order chi connectivity index (χ1) is 20.5. The molecule has 4 rings (SSSR count). The number of carbonyl (C=O) groups excluding carboxylic acids is 1. The first-order valence-electron chi connectivity index (χ1n) is 13.8. The van der Waals surface area contributed by atoms with Gasteiger partial charge in [-0.25, -0.2) is 8.78 Å². The van der Waals surface area contributed by atoms with Gasteiger partial charge in [0.25, 0.3) is 5.91 Å². The molecule has 4 aromatic rings. The molecule has 0 saturated carbocycles. The lowest BCUT2D eigenvalue weighted by molar-refractivity contribution is -0.139. The van der Waals surface area contributed by atoms with Crippen LogP contribution >= 0.6 is 0 Å². The molecule has 0 aliphatic heterocycles. The Morgan fingerprint density at radius 1 is 0.930 bits per heavy atom. The van der Waals surface area contributed by atoms with Gasteiger partial charge in [-0.2, -0.15) is 0 Å². The van der Waals surface area contributed by atoms with E-state index in [1.54, 1.807) is 53.2 Å². The van der Waals surface area contributed by atoms with Crippen LogP contribution in [-0.4, -0.2) is 49.0 Å². The summed E-state index contributed by atoms with van der Waals surface area (Å²) in [5.74, 6) is -2.54. The minimum absolute atomic E-state index is 0.142. The number of rotatable bonds is 12. The summed E-state index contributed by atoms with van der Waals surface area (Å²) in [7, 11) is 0. The molecule has 0 spiro atoms. The van der Waals surface area contributed by atoms with Gasteiger partial charge in [0.05, 0.1) is 30.9 Å². The Kier molecular flexibility index (Phi) is 10.2. The molecule has 0 fully saturated rings. The number of amides is 1. The van der Waals surface area contributed by atoms with Crippen molar-refractivity contribution in [3.8, 4) is 22.3 Å². The second kappa shape index (κ2) is 14.0. The highest BCUT2D eigenvalue weighted by Crippen LogP contribution is 2.42. The molecular formula is C33H33F2N3O5. The minimum Gasteiger partial charge on any atom is -0.481 e. The Morgan fingerprint density at radius 3 is 2.07 bits per heavy atom. The van der Waals surface area contributed by atoms with Gasteiger partial charge in [0.15, 0.2) is 0 Å². The fourth-order valence-corrected chi connectivity index (χ4v) is 4.94. The average molecular weight is 590 g/mol. The van der Waals surface area contributed by atoms with Crippen molar-refractivity contribution >= 4 is 18.0 Å². The quantitative estimate of drug-likeness (QED) is 0.170. The number of pyridine rings is 1. The van der Waals surface area contributed by atoms with E-state index in [-0.39, 0.29) is 24.7 Å². The van der Waals surface area contributed by atoms with E-state index in [2.05, 4.69) is 10.3 Å². The Hall–Kier alpha value is -4.67. The molecule has 0 unspecified atom stereocenters. The number of carboxylic acids is 1. The molecule has 2 atom stereocenters. The van der Waals surface area contributed by atoms with Gasteiger partial charge in [0.2, 0.25) is 0 Å². The molecule has 10 heteroatoms. The van der Waals surface area contributed by atoms with Gasteiger partial charge in [0, 0.05) is 35.5 Å². The van der Waals surface area contributed by atoms with Crippen molar-refractivity contribution in [1.29, 1.82) is 0 Å². The lowest BCUT2D eigenvalue weighted by Crippen LogP contribution is -2.27. The molecule has 2 heterocycles. The number of aliphatic hydroxyl groups is 2. The van der Waals surface area contributed by atoms with Crippen LogP contribution in [0.4, 0.5) is 8.78 Å². The van der Waals surface area contributed by atoms with Gasteiger partial charge in [-0.15, -0.1) is 0 Å². The van der Waals surface area contributed by atoms with Crippen molar-refractivity contribution in [1.82, 2.24) is 14.9 Å². The summed E-state index contributed by atoms with van der Waals surface area (Å²) in [6.07, 6.45) is 1.41. The number of hydrogen-bond donors (Lipinski definition) is 4. The van der Waals surface area contributed by atoms with Gasteiger partial charge in [-0.3, -0.25) is 14.6 Å². The number of hydrogen-bond acceptors (Lipinski definition) is 5. The summed E-state index contributed by atoms with van der Waals surface area (Å²) in [5.41, 5.74) is 3.52. The van der Waals surface area contributed by atoms with Crippen molar-refractivity contribution in [2.24, 2.45) is 0 Å².